The van der Waals surface area contributed by atoms with Gasteiger partial charge in [0.1, 0.15) is 12.4 Å². The van der Waals surface area contributed by atoms with Crippen LogP contribution < -0.4 is 15.4 Å². The summed E-state index contributed by atoms with van der Waals surface area (Å²) in [6.45, 7) is 4.24. The maximum Gasteiger partial charge on any atom is 0.256 e. The topological polar surface area (TPSA) is 93.5 Å². The Hall–Kier alpha value is -3.23. The molecule has 3 aromatic carbocycles. The summed E-state index contributed by atoms with van der Waals surface area (Å²) in [6.07, 6.45) is 0. The second kappa shape index (κ2) is 8.52. The summed E-state index contributed by atoms with van der Waals surface area (Å²) in [4.78, 5) is 25.5. The van der Waals surface area contributed by atoms with Gasteiger partial charge in [-0.05, 0) is 43.7 Å². The lowest BCUT2D eigenvalue weighted by molar-refractivity contribution is -0.532. The smallest absolute Gasteiger partial charge is 0.256 e. The summed E-state index contributed by atoms with van der Waals surface area (Å²) in [5.41, 5.74) is 2.60. The Balaban J connectivity index is 1.57. The van der Waals surface area contributed by atoms with Crippen LogP contribution in [0.4, 0.5) is 5.69 Å². The second-order valence-corrected chi connectivity index (χ2v) is 9.87. The lowest BCUT2D eigenvalue weighted by Gasteiger charge is -2.26. The van der Waals surface area contributed by atoms with Gasteiger partial charge in [0.05, 0.1) is 5.92 Å². The molecule has 2 aliphatic heterocycles. The quantitative estimate of drug-likeness (QED) is 0.367. The number of amides is 1. The highest BCUT2D eigenvalue weighted by Gasteiger charge is 2.68. The van der Waals surface area contributed by atoms with E-state index in [1.165, 1.54) is 0 Å². The van der Waals surface area contributed by atoms with Gasteiger partial charge in [0.15, 0.2) is 5.54 Å². The number of nitro groups is 1. The van der Waals surface area contributed by atoms with E-state index in [1.54, 1.807) is 24.3 Å². The first-order valence-electron chi connectivity index (χ1n) is 11.1. The maximum atomic E-state index is 13.3. The van der Waals surface area contributed by atoms with Crippen LogP contribution >= 0.6 is 15.9 Å². The first-order valence-corrected chi connectivity index (χ1v) is 11.9. The zero-order chi connectivity index (χ0) is 24.0. The normalized spacial score (nSPS) is 25.3. The first kappa shape index (κ1) is 22.6. The number of para-hydroxylation sites is 1. The van der Waals surface area contributed by atoms with Gasteiger partial charge in [-0.25, -0.2) is 0 Å². The van der Waals surface area contributed by atoms with E-state index in [-0.39, 0.29) is 11.0 Å². The number of carbonyl (C=O) groups excluding carboxylic acids is 1. The Morgan fingerprint density at radius 1 is 1.12 bits per heavy atom. The minimum atomic E-state index is -1.46. The van der Waals surface area contributed by atoms with Crippen molar-refractivity contribution < 1.29 is 14.5 Å². The number of carbonyl (C=O) groups is 1. The van der Waals surface area contributed by atoms with Gasteiger partial charge in [0.2, 0.25) is 0 Å². The van der Waals surface area contributed by atoms with Crippen LogP contribution in [0.1, 0.15) is 35.1 Å². The van der Waals surface area contributed by atoms with Crippen molar-refractivity contribution >= 4 is 27.5 Å². The predicted octanol–water partition coefficient (Wildman–Crippen LogP) is 4.90. The Morgan fingerprint density at radius 2 is 1.85 bits per heavy atom. The largest absolute Gasteiger partial charge is 0.489 e. The van der Waals surface area contributed by atoms with Gasteiger partial charge in [0, 0.05) is 32.3 Å². The Labute approximate surface area is 205 Å². The fraction of sp³-hybridized carbons (Fsp3) is 0.269. The van der Waals surface area contributed by atoms with E-state index in [0.717, 1.165) is 15.6 Å². The van der Waals surface area contributed by atoms with Gasteiger partial charge in [-0.1, -0.05) is 64.0 Å². The van der Waals surface area contributed by atoms with Crippen molar-refractivity contribution in [3.05, 3.63) is 104 Å². The summed E-state index contributed by atoms with van der Waals surface area (Å²) in [5.74, 6) is -0.433. The predicted molar refractivity (Wildman–Crippen MR) is 133 cm³/mol. The van der Waals surface area contributed by atoms with Gasteiger partial charge in [-0.3, -0.25) is 20.2 Å². The fourth-order valence-corrected chi connectivity index (χ4v) is 5.66. The zero-order valence-electron chi connectivity index (χ0n) is 18.7. The van der Waals surface area contributed by atoms with E-state index >= 15 is 0 Å². The summed E-state index contributed by atoms with van der Waals surface area (Å²) in [5, 5.41) is 18.7. The van der Waals surface area contributed by atoms with Crippen molar-refractivity contribution in [3.8, 4) is 5.75 Å². The highest BCUT2D eigenvalue weighted by molar-refractivity contribution is 9.10. The van der Waals surface area contributed by atoms with E-state index in [0.29, 0.717) is 29.2 Å². The van der Waals surface area contributed by atoms with Crippen LogP contribution in [0.2, 0.25) is 0 Å². The molecule has 1 spiro atoms. The van der Waals surface area contributed by atoms with Crippen LogP contribution in [-0.4, -0.2) is 22.9 Å². The number of benzene rings is 3. The Kier molecular flexibility index (Phi) is 5.65. The minimum absolute atomic E-state index is 0.326. The van der Waals surface area contributed by atoms with Crippen LogP contribution in [0.5, 0.6) is 5.75 Å². The summed E-state index contributed by atoms with van der Waals surface area (Å²) >= 11 is 3.51. The number of hydrogen-bond donors (Lipinski definition) is 2. The van der Waals surface area contributed by atoms with Crippen LogP contribution in [-0.2, 0) is 16.9 Å². The molecule has 7 nitrogen and oxygen atoms in total. The molecule has 3 aromatic rings. The molecular formula is C26H24BrN3O4. The molecule has 174 valence electrons. The number of nitrogens with one attached hydrogen (secondary N) is 2. The minimum Gasteiger partial charge on any atom is -0.489 e. The molecule has 2 heterocycles. The van der Waals surface area contributed by atoms with Gasteiger partial charge in [-0.2, -0.15) is 0 Å². The highest BCUT2D eigenvalue weighted by atomic mass is 79.9. The van der Waals surface area contributed by atoms with E-state index in [9.17, 15) is 14.9 Å². The average molecular weight is 522 g/mol. The molecule has 8 heteroatoms. The molecule has 0 aliphatic carbocycles. The second-order valence-electron chi connectivity index (χ2n) is 8.95. The van der Waals surface area contributed by atoms with Crippen molar-refractivity contribution in [2.24, 2.45) is 0 Å². The van der Waals surface area contributed by atoms with E-state index in [4.69, 9.17) is 4.74 Å². The summed E-state index contributed by atoms with van der Waals surface area (Å²) in [7, 11) is 0. The molecule has 1 fully saturated rings. The molecular weight excluding hydrogens is 498 g/mol. The summed E-state index contributed by atoms with van der Waals surface area (Å²) in [6, 6.07) is 19.2. The van der Waals surface area contributed by atoms with Crippen LogP contribution in [0, 0.1) is 17.0 Å². The van der Waals surface area contributed by atoms with Gasteiger partial charge >= 0.3 is 0 Å². The zero-order valence-corrected chi connectivity index (χ0v) is 20.3. The SMILES string of the molecule is Cc1ccc(COc2ccc(Br)cc2[C@@H]2[C@H](C)N[C@]3(C(=O)Nc4ccccc43)[C@H]2[N+](=O)[O-])cc1. The Bertz CT molecular complexity index is 1280. The number of rotatable bonds is 5. The highest BCUT2D eigenvalue weighted by Crippen LogP contribution is 2.51. The maximum absolute atomic E-state index is 13.3. The lowest BCUT2D eigenvalue weighted by atomic mass is 9.78. The first-order chi connectivity index (χ1) is 16.3. The van der Waals surface area contributed by atoms with Crippen molar-refractivity contribution in [3.63, 3.8) is 0 Å². The molecule has 0 saturated carbocycles. The number of halogens is 1. The molecule has 1 saturated heterocycles. The van der Waals surface area contributed by atoms with Crippen molar-refractivity contribution in [2.45, 2.75) is 44.0 Å². The van der Waals surface area contributed by atoms with Crippen LogP contribution in [0.15, 0.2) is 71.2 Å². The fourth-order valence-electron chi connectivity index (χ4n) is 5.28. The molecule has 34 heavy (non-hydrogen) atoms. The molecule has 0 radical (unpaired) electrons. The molecule has 4 atom stereocenters. The van der Waals surface area contributed by atoms with Gasteiger partial charge in [0.25, 0.3) is 11.9 Å². The number of fused-ring (bicyclic) bond motifs is 2. The third kappa shape index (κ3) is 3.58. The standard InChI is InChI=1S/C26H24BrN3O4/c1-15-7-9-17(10-8-15)14-34-22-12-11-18(27)13-19(22)23-16(2)29-26(24(23)30(32)33)20-5-3-4-6-21(20)28-25(26)31/h3-13,16,23-24,29H,14H2,1-2H3,(H,28,31)/t16-,23-,24-,26-/m0/s1. The molecule has 2 aliphatic rings. The third-order valence-corrected chi connectivity index (χ3v) is 7.30. The van der Waals surface area contributed by atoms with Crippen molar-refractivity contribution in [2.75, 3.05) is 5.32 Å². The molecule has 2 N–H and O–H groups in total. The number of ether oxygens (including phenoxy) is 1. The number of anilines is 1. The van der Waals surface area contributed by atoms with Crippen LogP contribution in [0.25, 0.3) is 0 Å². The van der Waals surface area contributed by atoms with Crippen molar-refractivity contribution in [1.82, 2.24) is 5.32 Å². The van der Waals surface area contributed by atoms with E-state index < -0.39 is 23.4 Å². The average Bonchev–Trinajstić information content (AvgIpc) is 3.27. The molecule has 0 unspecified atom stereocenters. The van der Waals surface area contributed by atoms with Gasteiger partial charge < -0.3 is 10.1 Å². The number of aryl methyl sites for hydroxylation is 1. The number of hydrogen-bond acceptors (Lipinski definition) is 5. The van der Waals surface area contributed by atoms with Crippen LogP contribution in [0.3, 0.4) is 0 Å². The monoisotopic (exact) mass is 521 g/mol. The van der Waals surface area contributed by atoms with E-state index in [2.05, 4.69) is 26.6 Å². The molecule has 0 aromatic heterocycles. The third-order valence-electron chi connectivity index (χ3n) is 6.81. The molecule has 0 bridgehead atoms. The summed E-state index contributed by atoms with van der Waals surface area (Å²) < 4.78 is 6.97. The number of nitrogens with zero attached hydrogens (tertiary/aromatic N) is 1. The van der Waals surface area contributed by atoms with Crippen molar-refractivity contribution in [1.29, 1.82) is 0 Å². The lowest BCUT2D eigenvalue weighted by Crippen LogP contribution is -2.54. The van der Waals surface area contributed by atoms with E-state index in [1.807, 2.05) is 56.3 Å². The molecule has 1 amide bonds. The van der Waals surface area contributed by atoms with Gasteiger partial charge in [-0.15, -0.1) is 0 Å². The Morgan fingerprint density at radius 3 is 2.59 bits per heavy atom. The molecule has 5 rings (SSSR count).